The second-order valence-electron chi connectivity index (χ2n) is 5.13. The second kappa shape index (κ2) is 5.95. The minimum Gasteiger partial charge on any atom is -0.304 e. The van der Waals surface area contributed by atoms with Crippen LogP contribution < -0.4 is 5.32 Å². The average Bonchev–Trinajstić information content (AvgIpc) is 3.05. The van der Waals surface area contributed by atoms with Gasteiger partial charge in [-0.15, -0.1) is 11.3 Å². The first-order chi connectivity index (χ1) is 10.2. The standard InChI is InChI=1S/C16H18FN3S/c1-3-7-18-16(13-6-8-20(2)19-13)15-9-11-4-5-12(17)10-14(11)21-15/h4-6,8-10,16,18H,3,7H2,1-2H3. The number of benzene rings is 1. The highest BCUT2D eigenvalue weighted by molar-refractivity contribution is 7.19. The fourth-order valence-electron chi connectivity index (χ4n) is 2.39. The molecule has 0 saturated carbocycles. The van der Waals surface area contributed by atoms with E-state index in [1.54, 1.807) is 17.4 Å². The Kier molecular flexibility index (Phi) is 4.03. The summed E-state index contributed by atoms with van der Waals surface area (Å²) in [5.41, 5.74) is 0.998. The van der Waals surface area contributed by atoms with Crippen LogP contribution in [-0.4, -0.2) is 16.3 Å². The maximum Gasteiger partial charge on any atom is 0.124 e. The summed E-state index contributed by atoms with van der Waals surface area (Å²) in [6.45, 7) is 3.06. The van der Waals surface area contributed by atoms with E-state index in [2.05, 4.69) is 23.4 Å². The molecule has 1 atom stereocenters. The SMILES string of the molecule is CCCNC(c1ccn(C)n1)c1cc2ccc(F)cc2s1. The van der Waals surface area contributed by atoms with Gasteiger partial charge in [-0.2, -0.15) is 5.10 Å². The molecule has 1 N–H and O–H groups in total. The summed E-state index contributed by atoms with van der Waals surface area (Å²) in [5.74, 6) is -0.188. The van der Waals surface area contributed by atoms with Gasteiger partial charge in [0.05, 0.1) is 11.7 Å². The lowest BCUT2D eigenvalue weighted by molar-refractivity contribution is 0.582. The zero-order valence-electron chi connectivity index (χ0n) is 12.1. The largest absolute Gasteiger partial charge is 0.304 e. The molecule has 0 aliphatic heterocycles. The molecule has 5 heteroatoms. The first-order valence-electron chi connectivity index (χ1n) is 7.09. The Morgan fingerprint density at radius 1 is 1.33 bits per heavy atom. The molecule has 0 saturated heterocycles. The second-order valence-corrected chi connectivity index (χ2v) is 6.25. The van der Waals surface area contributed by atoms with Gasteiger partial charge >= 0.3 is 0 Å². The Hall–Kier alpha value is -1.72. The van der Waals surface area contributed by atoms with Crippen molar-refractivity contribution in [2.24, 2.45) is 7.05 Å². The smallest absolute Gasteiger partial charge is 0.124 e. The summed E-state index contributed by atoms with van der Waals surface area (Å²) in [6, 6.07) is 9.15. The van der Waals surface area contributed by atoms with Crippen molar-refractivity contribution in [3.8, 4) is 0 Å². The molecule has 2 heterocycles. The van der Waals surface area contributed by atoms with Gasteiger partial charge in [0.1, 0.15) is 5.82 Å². The van der Waals surface area contributed by atoms with Gasteiger partial charge in [-0.25, -0.2) is 4.39 Å². The zero-order valence-corrected chi connectivity index (χ0v) is 13.0. The summed E-state index contributed by atoms with van der Waals surface area (Å²) < 4.78 is 16.1. The number of halogens is 1. The van der Waals surface area contributed by atoms with Gasteiger partial charge in [0.25, 0.3) is 0 Å². The summed E-state index contributed by atoms with van der Waals surface area (Å²) in [4.78, 5) is 1.17. The monoisotopic (exact) mass is 303 g/mol. The number of hydrogen-bond acceptors (Lipinski definition) is 3. The van der Waals surface area contributed by atoms with Gasteiger partial charge in [0.15, 0.2) is 0 Å². The third kappa shape index (κ3) is 2.99. The molecule has 0 aliphatic rings. The third-order valence-corrected chi connectivity index (χ3v) is 4.58. The van der Waals surface area contributed by atoms with Crippen LogP contribution in [0, 0.1) is 5.82 Å². The summed E-state index contributed by atoms with van der Waals surface area (Å²) in [6.07, 6.45) is 3.01. The van der Waals surface area contributed by atoms with E-state index in [9.17, 15) is 4.39 Å². The number of aryl methyl sites for hydroxylation is 1. The molecule has 1 unspecified atom stereocenters. The molecule has 1 aromatic carbocycles. The minimum atomic E-state index is -0.188. The van der Waals surface area contributed by atoms with Crippen molar-refractivity contribution < 1.29 is 4.39 Å². The lowest BCUT2D eigenvalue weighted by Gasteiger charge is -2.14. The highest BCUT2D eigenvalue weighted by Gasteiger charge is 2.18. The molecule has 2 aromatic heterocycles. The third-order valence-electron chi connectivity index (χ3n) is 3.41. The van der Waals surface area contributed by atoms with Gasteiger partial charge in [-0.3, -0.25) is 4.68 Å². The predicted molar refractivity (Wildman–Crippen MR) is 85.1 cm³/mol. The maximum absolute atomic E-state index is 13.4. The number of thiophene rings is 1. The van der Waals surface area contributed by atoms with Gasteiger partial charge in [0, 0.05) is 22.8 Å². The summed E-state index contributed by atoms with van der Waals surface area (Å²) >= 11 is 1.62. The highest BCUT2D eigenvalue weighted by Crippen LogP contribution is 2.33. The molecule has 0 aliphatic carbocycles. The molecule has 21 heavy (non-hydrogen) atoms. The van der Waals surface area contributed by atoms with E-state index in [0.717, 1.165) is 28.7 Å². The first kappa shape index (κ1) is 14.2. The van der Waals surface area contributed by atoms with Crippen LogP contribution in [0.1, 0.15) is 30.0 Å². The molecule has 3 nitrogen and oxygen atoms in total. The highest BCUT2D eigenvalue weighted by atomic mass is 32.1. The molecule has 0 radical (unpaired) electrons. The van der Waals surface area contributed by atoms with Crippen LogP contribution in [0.15, 0.2) is 36.5 Å². The average molecular weight is 303 g/mol. The number of hydrogen-bond donors (Lipinski definition) is 1. The number of nitrogens with one attached hydrogen (secondary N) is 1. The molecule has 3 aromatic rings. The Morgan fingerprint density at radius 2 is 2.19 bits per heavy atom. The van der Waals surface area contributed by atoms with Crippen LogP contribution in [0.3, 0.4) is 0 Å². The van der Waals surface area contributed by atoms with Crippen molar-refractivity contribution in [1.29, 1.82) is 0 Å². The fourth-order valence-corrected chi connectivity index (χ4v) is 3.57. The van der Waals surface area contributed by atoms with Gasteiger partial charge < -0.3 is 5.32 Å². The van der Waals surface area contributed by atoms with Crippen molar-refractivity contribution in [3.63, 3.8) is 0 Å². The number of aromatic nitrogens is 2. The van der Waals surface area contributed by atoms with Crippen molar-refractivity contribution in [3.05, 3.63) is 52.9 Å². The van der Waals surface area contributed by atoms with E-state index in [0.29, 0.717) is 0 Å². The maximum atomic E-state index is 13.4. The molecular weight excluding hydrogens is 285 g/mol. The Morgan fingerprint density at radius 3 is 2.90 bits per heavy atom. The van der Waals surface area contributed by atoms with E-state index < -0.39 is 0 Å². The fraction of sp³-hybridized carbons (Fsp3) is 0.312. The molecule has 0 spiro atoms. The molecule has 3 rings (SSSR count). The van der Waals surface area contributed by atoms with Crippen molar-refractivity contribution in [2.75, 3.05) is 6.54 Å². The quantitative estimate of drug-likeness (QED) is 0.775. The van der Waals surface area contributed by atoms with Crippen LogP contribution in [0.2, 0.25) is 0 Å². The topological polar surface area (TPSA) is 29.9 Å². The van der Waals surface area contributed by atoms with Crippen molar-refractivity contribution in [2.45, 2.75) is 19.4 Å². The van der Waals surface area contributed by atoms with E-state index in [1.165, 1.54) is 10.9 Å². The van der Waals surface area contributed by atoms with E-state index >= 15 is 0 Å². The molecular formula is C16H18FN3S. The number of fused-ring (bicyclic) bond motifs is 1. The Bertz CT molecular complexity index is 747. The van der Waals surface area contributed by atoms with Gasteiger partial charge in [0.2, 0.25) is 0 Å². The number of nitrogens with zero attached hydrogens (tertiary/aromatic N) is 2. The van der Waals surface area contributed by atoms with Gasteiger partial charge in [-0.1, -0.05) is 13.0 Å². The lowest BCUT2D eigenvalue weighted by Crippen LogP contribution is -2.22. The number of rotatable bonds is 5. The first-order valence-corrected chi connectivity index (χ1v) is 7.91. The van der Waals surface area contributed by atoms with E-state index in [1.807, 2.05) is 30.1 Å². The zero-order chi connectivity index (χ0) is 14.8. The molecule has 0 bridgehead atoms. The van der Waals surface area contributed by atoms with Crippen molar-refractivity contribution in [1.82, 2.24) is 15.1 Å². The molecule has 110 valence electrons. The van der Waals surface area contributed by atoms with Crippen LogP contribution >= 0.6 is 11.3 Å². The van der Waals surface area contributed by atoms with Crippen LogP contribution in [0.25, 0.3) is 10.1 Å². The molecule has 0 fully saturated rings. The lowest BCUT2D eigenvalue weighted by atomic mass is 10.1. The summed E-state index contributed by atoms with van der Waals surface area (Å²) in [7, 11) is 1.92. The van der Waals surface area contributed by atoms with Crippen LogP contribution in [0.4, 0.5) is 4.39 Å². The predicted octanol–water partition coefficient (Wildman–Crippen LogP) is 3.86. The minimum absolute atomic E-state index is 0.0617. The van der Waals surface area contributed by atoms with Crippen molar-refractivity contribution >= 4 is 21.4 Å². The Balaban J connectivity index is 2.00. The van der Waals surface area contributed by atoms with E-state index in [-0.39, 0.29) is 11.9 Å². The van der Waals surface area contributed by atoms with Crippen LogP contribution in [0.5, 0.6) is 0 Å². The van der Waals surface area contributed by atoms with Gasteiger partial charge in [-0.05, 0) is 42.6 Å². The molecule has 0 amide bonds. The normalized spacial score (nSPS) is 12.9. The van der Waals surface area contributed by atoms with E-state index in [4.69, 9.17) is 0 Å². The van der Waals surface area contributed by atoms with Crippen LogP contribution in [-0.2, 0) is 7.05 Å². The Labute approximate surface area is 127 Å². The summed E-state index contributed by atoms with van der Waals surface area (Å²) in [5, 5.41) is 9.13.